The predicted molar refractivity (Wildman–Crippen MR) is 72.5 cm³/mol. The van der Waals surface area contributed by atoms with Gasteiger partial charge in [0.05, 0.1) is 6.61 Å². The van der Waals surface area contributed by atoms with Gasteiger partial charge in [-0.15, -0.1) is 0 Å². The largest absolute Gasteiger partial charge is 0.381 e. The van der Waals surface area contributed by atoms with Crippen molar-refractivity contribution in [1.29, 1.82) is 0 Å². The quantitative estimate of drug-likeness (QED) is 0.695. The van der Waals surface area contributed by atoms with Crippen LogP contribution in [0.2, 0.25) is 0 Å². The van der Waals surface area contributed by atoms with Crippen molar-refractivity contribution in [2.45, 2.75) is 26.3 Å². The third-order valence-electron chi connectivity index (χ3n) is 3.45. The minimum atomic E-state index is -0.340. The molecule has 19 heavy (non-hydrogen) atoms. The van der Waals surface area contributed by atoms with E-state index in [1.54, 1.807) is 10.8 Å². The van der Waals surface area contributed by atoms with E-state index >= 15 is 0 Å². The van der Waals surface area contributed by atoms with Crippen molar-refractivity contribution in [2.75, 3.05) is 26.3 Å². The van der Waals surface area contributed by atoms with Gasteiger partial charge in [-0.25, -0.2) is 4.79 Å². The second-order valence-electron chi connectivity index (χ2n) is 4.89. The van der Waals surface area contributed by atoms with Crippen molar-refractivity contribution in [3.63, 3.8) is 0 Å². The number of hydrogen-bond acceptors (Lipinski definition) is 4. The minimum Gasteiger partial charge on any atom is -0.381 e. The fourth-order valence-corrected chi connectivity index (χ4v) is 2.22. The molecule has 1 aromatic rings. The maximum absolute atomic E-state index is 11.6. The van der Waals surface area contributed by atoms with Crippen LogP contribution in [0.4, 0.5) is 0 Å². The maximum Gasteiger partial charge on any atom is 0.328 e. The summed E-state index contributed by atoms with van der Waals surface area (Å²) in [5.74, 6) is 0.582. The molecule has 0 spiro atoms. The first-order chi connectivity index (χ1) is 9.20. The molecule has 2 N–H and O–H groups in total. The van der Waals surface area contributed by atoms with Crippen molar-refractivity contribution >= 4 is 0 Å². The van der Waals surface area contributed by atoms with E-state index in [0.29, 0.717) is 31.0 Å². The first-order valence-electron chi connectivity index (χ1n) is 6.81. The Morgan fingerprint density at radius 1 is 1.53 bits per heavy atom. The molecule has 0 amide bonds. The normalized spacial score (nSPS) is 18.9. The van der Waals surface area contributed by atoms with E-state index in [4.69, 9.17) is 4.74 Å². The fraction of sp³-hybridized carbons (Fsp3) is 0.692. The number of rotatable bonds is 6. The highest BCUT2D eigenvalue weighted by molar-refractivity contribution is 5.03. The Morgan fingerprint density at radius 3 is 3.05 bits per heavy atom. The van der Waals surface area contributed by atoms with Crippen LogP contribution < -0.4 is 16.6 Å². The van der Waals surface area contributed by atoms with Crippen molar-refractivity contribution in [2.24, 2.45) is 5.92 Å². The third kappa shape index (κ3) is 3.78. The number of nitrogens with zero attached hydrogens (tertiary/aromatic N) is 1. The highest BCUT2D eigenvalue weighted by atomic mass is 16.5. The number of aromatic amines is 1. The van der Waals surface area contributed by atoms with E-state index in [-0.39, 0.29) is 11.2 Å². The molecule has 2 rings (SSSR count). The summed E-state index contributed by atoms with van der Waals surface area (Å²) in [6.07, 6.45) is 3.38. The molecule has 1 fully saturated rings. The van der Waals surface area contributed by atoms with Crippen LogP contribution in [-0.2, 0) is 17.7 Å². The van der Waals surface area contributed by atoms with E-state index in [9.17, 15) is 9.59 Å². The number of H-pyrrole nitrogens is 1. The van der Waals surface area contributed by atoms with E-state index in [1.165, 1.54) is 0 Å². The van der Waals surface area contributed by atoms with Crippen molar-refractivity contribution < 1.29 is 4.74 Å². The Balaban J connectivity index is 1.85. The fourth-order valence-electron chi connectivity index (χ4n) is 2.22. The molecule has 6 heteroatoms. The summed E-state index contributed by atoms with van der Waals surface area (Å²) in [6, 6.07) is 0. The summed E-state index contributed by atoms with van der Waals surface area (Å²) >= 11 is 0. The lowest BCUT2D eigenvalue weighted by atomic mass is 10.1. The number of ether oxygens (including phenoxy) is 1. The molecule has 1 aliphatic rings. The molecule has 0 saturated carbocycles. The molecule has 106 valence electrons. The van der Waals surface area contributed by atoms with Crippen LogP contribution >= 0.6 is 0 Å². The second kappa shape index (κ2) is 6.68. The Hall–Kier alpha value is -1.40. The van der Waals surface area contributed by atoms with E-state index in [1.807, 2.05) is 6.92 Å². The van der Waals surface area contributed by atoms with E-state index < -0.39 is 0 Å². The first kappa shape index (κ1) is 14.0. The van der Waals surface area contributed by atoms with Crippen LogP contribution in [0.25, 0.3) is 0 Å². The Morgan fingerprint density at radius 2 is 2.37 bits per heavy atom. The Kier molecular flexibility index (Phi) is 4.93. The lowest BCUT2D eigenvalue weighted by Gasteiger charge is -2.10. The van der Waals surface area contributed by atoms with Crippen LogP contribution in [0.3, 0.4) is 0 Å². The Labute approximate surface area is 111 Å². The summed E-state index contributed by atoms with van der Waals surface area (Å²) in [6.45, 7) is 5.77. The lowest BCUT2D eigenvalue weighted by molar-refractivity contribution is 0.185. The smallest absolute Gasteiger partial charge is 0.328 e. The average molecular weight is 267 g/mol. The number of aryl methyl sites for hydroxylation is 1. The van der Waals surface area contributed by atoms with E-state index in [2.05, 4.69) is 10.3 Å². The highest BCUT2D eigenvalue weighted by Crippen LogP contribution is 2.10. The number of hydrogen-bond donors (Lipinski definition) is 2. The molecule has 1 saturated heterocycles. The molecule has 1 unspecified atom stereocenters. The monoisotopic (exact) mass is 267 g/mol. The summed E-state index contributed by atoms with van der Waals surface area (Å²) in [5.41, 5.74) is 0.0248. The molecule has 0 radical (unpaired) electrons. The SMILES string of the molecule is CCc1cn(CCNCC2CCOC2)c(=O)[nH]c1=O. The van der Waals surface area contributed by atoms with Gasteiger partial charge in [-0.05, 0) is 18.8 Å². The zero-order chi connectivity index (χ0) is 13.7. The van der Waals surface area contributed by atoms with Gasteiger partial charge in [-0.1, -0.05) is 6.92 Å². The predicted octanol–water partition coefficient (Wildman–Crippen LogP) is -0.275. The molecule has 1 aromatic heterocycles. The molecule has 2 heterocycles. The average Bonchev–Trinajstić information content (AvgIpc) is 2.90. The minimum absolute atomic E-state index is 0.278. The number of aromatic nitrogens is 2. The third-order valence-corrected chi connectivity index (χ3v) is 3.45. The zero-order valence-corrected chi connectivity index (χ0v) is 11.3. The highest BCUT2D eigenvalue weighted by Gasteiger charge is 2.14. The maximum atomic E-state index is 11.6. The van der Waals surface area contributed by atoms with Crippen LogP contribution in [0.1, 0.15) is 18.9 Å². The van der Waals surface area contributed by atoms with Crippen LogP contribution in [0.5, 0.6) is 0 Å². The molecule has 1 atom stereocenters. The summed E-state index contributed by atoms with van der Waals surface area (Å²) < 4.78 is 6.85. The van der Waals surface area contributed by atoms with Gasteiger partial charge in [0, 0.05) is 38.0 Å². The lowest BCUT2D eigenvalue weighted by Crippen LogP contribution is -2.35. The van der Waals surface area contributed by atoms with Gasteiger partial charge in [0.25, 0.3) is 5.56 Å². The summed E-state index contributed by atoms with van der Waals surface area (Å²) in [7, 11) is 0. The topological polar surface area (TPSA) is 76.1 Å². The molecule has 6 nitrogen and oxygen atoms in total. The van der Waals surface area contributed by atoms with E-state index in [0.717, 1.165) is 26.2 Å². The molecule has 0 bridgehead atoms. The molecular formula is C13H21N3O3. The molecule has 0 aromatic carbocycles. The zero-order valence-electron chi connectivity index (χ0n) is 11.3. The van der Waals surface area contributed by atoms with Crippen molar-refractivity contribution in [1.82, 2.24) is 14.9 Å². The van der Waals surface area contributed by atoms with Gasteiger partial charge >= 0.3 is 5.69 Å². The van der Waals surface area contributed by atoms with Gasteiger partial charge in [-0.3, -0.25) is 14.3 Å². The van der Waals surface area contributed by atoms with Gasteiger partial charge in [0.2, 0.25) is 0 Å². The first-order valence-corrected chi connectivity index (χ1v) is 6.81. The second-order valence-corrected chi connectivity index (χ2v) is 4.89. The summed E-state index contributed by atoms with van der Waals surface area (Å²) in [4.78, 5) is 25.4. The van der Waals surface area contributed by atoms with Crippen LogP contribution in [-0.4, -0.2) is 35.9 Å². The summed E-state index contributed by atoms with van der Waals surface area (Å²) in [5, 5.41) is 3.32. The van der Waals surface area contributed by atoms with Gasteiger partial charge < -0.3 is 10.1 Å². The Bertz CT molecular complexity index is 515. The molecular weight excluding hydrogens is 246 g/mol. The molecule has 0 aliphatic carbocycles. The number of nitrogens with one attached hydrogen (secondary N) is 2. The van der Waals surface area contributed by atoms with Crippen LogP contribution in [0, 0.1) is 5.92 Å². The standard InChI is InChI=1S/C13H21N3O3/c1-2-11-8-16(13(18)15-12(11)17)5-4-14-7-10-3-6-19-9-10/h8,10,14H,2-7,9H2,1H3,(H,15,17,18). The van der Waals surface area contributed by atoms with Crippen LogP contribution in [0.15, 0.2) is 15.8 Å². The van der Waals surface area contributed by atoms with Crippen molar-refractivity contribution in [3.8, 4) is 0 Å². The van der Waals surface area contributed by atoms with Gasteiger partial charge in [0.15, 0.2) is 0 Å². The van der Waals surface area contributed by atoms with Crippen molar-refractivity contribution in [3.05, 3.63) is 32.6 Å². The van der Waals surface area contributed by atoms with Gasteiger partial charge in [0.1, 0.15) is 0 Å². The van der Waals surface area contributed by atoms with Gasteiger partial charge in [-0.2, -0.15) is 0 Å². The molecule has 1 aliphatic heterocycles.